The molecule has 5 heteroatoms. The Morgan fingerprint density at radius 2 is 1.26 bits per heavy atom. The van der Waals surface area contributed by atoms with Gasteiger partial charge in [-0.05, 0) is 67.1 Å². The molecule has 0 aliphatic heterocycles. The monoisotopic (exact) mass is 447 g/mol. The Kier molecular flexibility index (Phi) is 7.16. The summed E-state index contributed by atoms with van der Waals surface area (Å²) in [7, 11) is 0. The van der Waals surface area contributed by atoms with Crippen molar-refractivity contribution in [2.45, 2.75) is 6.92 Å². The molecule has 0 radical (unpaired) electrons. The predicted octanol–water partition coefficient (Wildman–Crippen LogP) is 6.64. The second kappa shape index (κ2) is 10.8. The third-order valence-corrected chi connectivity index (χ3v) is 5.14. The van der Waals surface area contributed by atoms with E-state index in [1.807, 2.05) is 85.8 Å². The van der Waals surface area contributed by atoms with Gasteiger partial charge in [0.15, 0.2) is 0 Å². The quantitative estimate of drug-likeness (QED) is 0.278. The lowest BCUT2D eigenvalue weighted by Gasteiger charge is -2.11. The van der Waals surface area contributed by atoms with Gasteiger partial charge in [-0.1, -0.05) is 60.2 Å². The molecule has 0 fully saturated rings. The first kappa shape index (κ1) is 22.6. The molecule has 168 valence electrons. The first-order chi connectivity index (χ1) is 16.6. The van der Waals surface area contributed by atoms with Gasteiger partial charge in [0.2, 0.25) is 5.91 Å². The van der Waals surface area contributed by atoms with E-state index in [1.165, 1.54) is 6.08 Å². The Morgan fingerprint density at radius 3 is 2.00 bits per heavy atom. The Bertz CT molecular complexity index is 1300. The Balaban J connectivity index is 1.40. The van der Waals surface area contributed by atoms with Crippen molar-refractivity contribution >= 4 is 40.6 Å². The van der Waals surface area contributed by atoms with Crippen LogP contribution in [-0.2, 0) is 4.79 Å². The molecule has 0 aliphatic rings. The SMILES string of the molecule is Cc1ccc(/C=C/C(=O)Nc2ccccc2C(=O)Nc2ccc(Nc3ccccc3)cc2)cc1. The maximum atomic E-state index is 12.9. The minimum atomic E-state index is -0.308. The van der Waals surface area contributed by atoms with Crippen LogP contribution in [0.2, 0.25) is 0 Å². The van der Waals surface area contributed by atoms with Crippen molar-refractivity contribution in [3.63, 3.8) is 0 Å². The Labute approximate surface area is 199 Å². The summed E-state index contributed by atoms with van der Waals surface area (Å²) in [5.41, 5.74) is 5.47. The van der Waals surface area contributed by atoms with Gasteiger partial charge in [-0.25, -0.2) is 0 Å². The first-order valence-corrected chi connectivity index (χ1v) is 10.9. The van der Waals surface area contributed by atoms with Gasteiger partial charge in [0.1, 0.15) is 0 Å². The number of hydrogen-bond donors (Lipinski definition) is 3. The van der Waals surface area contributed by atoms with Crippen molar-refractivity contribution in [3.05, 3.63) is 126 Å². The normalized spacial score (nSPS) is 10.6. The third-order valence-electron chi connectivity index (χ3n) is 5.14. The lowest BCUT2D eigenvalue weighted by atomic mass is 10.1. The molecule has 0 spiro atoms. The van der Waals surface area contributed by atoms with E-state index in [0.717, 1.165) is 22.5 Å². The predicted molar refractivity (Wildman–Crippen MR) is 139 cm³/mol. The molecule has 5 nitrogen and oxygen atoms in total. The van der Waals surface area contributed by atoms with E-state index < -0.39 is 0 Å². The van der Waals surface area contributed by atoms with Crippen LogP contribution in [0.15, 0.2) is 109 Å². The van der Waals surface area contributed by atoms with Gasteiger partial charge in [0.05, 0.1) is 11.3 Å². The lowest BCUT2D eigenvalue weighted by Crippen LogP contribution is -2.17. The molecule has 34 heavy (non-hydrogen) atoms. The number of rotatable bonds is 7. The fourth-order valence-electron chi connectivity index (χ4n) is 3.34. The topological polar surface area (TPSA) is 70.2 Å². The maximum Gasteiger partial charge on any atom is 0.257 e. The number of aryl methyl sites for hydroxylation is 1. The molecule has 0 bridgehead atoms. The number of carbonyl (C=O) groups excluding carboxylic acids is 2. The molecule has 0 atom stereocenters. The van der Waals surface area contributed by atoms with E-state index in [4.69, 9.17) is 0 Å². The van der Waals surface area contributed by atoms with Gasteiger partial charge in [0, 0.05) is 23.1 Å². The Morgan fingerprint density at radius 1 is 0.647 bits per heavy atom. The maximum absolute atomic E-state index is 12.9. The molecule has 0 aromatic heterocycles. The van der Waals surface area contributed by atoms with Crippen LogP contribution in [0.5, 0.6) is 0 Å². The van der Waals surface area contributed by atoms with Crippen molar-refractivity contribution in [2.24, 2.45) is 0 Å². The average molecular weight is 448 g/mol. The molecule has 4 aromatic rings. The second-order valence-corrected chi connectivity index (χ2v) is 7.80. The average Bonchev–Trinajstić information content (AvgIpc) is 2.86. The summed E-state index contributed by atoms with van der Waals surface area (Å²) in [6.45, 7) is 2.01. The Hall–Kier alpha value is -4.64. The van der Waals surface area contributed by atoms with Crippen molar-refractivity contribution in [2.75, 3.05) is 16.0 Å². The molecule has 0 saturated heterocycles. The van der Waals surface area contributed by atoms with E-state index in [9.17, 15) is 9.59 Å². The van der Waals surface area contributed by atoms with Gasteiger partial charge >= 0.3 is 0 Å². The molecule has 0 unspecified atom stereocenters. The van der Waals surface area contributed by atoms with Crippen molar-refractivity contribution in [1.29, 1.82) is 0 Å². The first-order valence-electron chi connectivity index (χ1n) is 10.9. The zero-order chi connectivity index (χ0) is 23.8. The highest BCUT2D eigenvalue weighted by Gasteiger charge is 2.12. The zero-order valence-electron chi connectivity index (χ0n) is 18.8. The van der Waals surface area contributed by atoms with E-state index in [2.05, 4.69) is 16.0 Å². The van der Waals surface area contributed by atoms with Crippen LogP contribution in [-0.4, -0.2) is 11.8 Å². The molecular weight excluding hydrogens is 422 g/mol. The molecule has 0 saturated carbocycles. The molecule has 4 rings (SSSR count). The summed E-state index contributed by atoms with van der Waals surface area (Å²) in [5, 5.41) is 9.00. The standard InChI is InChI=1S/C29H25N3O2/c1-21-11-13-22(14-12-21)15-20-28(33)32-27-10-6-5-9-26(27)29(34)31-25-18-16-24(17-19-25)30-23-7-3-2-4-8-23/h2-20,30H,1H3,(H,31,34)(H,32,33)/b20-15+. The minimum absolute atomic E-state index is 0.304. The van der Waals surface area contributed by atoms with Gasteiger partial charge in [-0.15, -0.1) is 0 Å². The van der Waals surface area contributed by atoms with E-state index in [-0.39, 0.29) is 11.8 Å². The molecule has 0 aliphatic carbocycles. The number of para-hydroxylation sites is 2. The van der Waals surface area contributed by atoms with Gasteiger partial charge in [0.25, 0.3) is 5.91 Å². The highest BCUT2D eigenvalue weighted by molar-refractivity contribution is 6.11. The molecule has 3 N–H and O–H groups in total. The summed E-state index contributed by atoms with van der Waals surface area (Å²) in [4.78, 5) is 25.3. The number of benzene rings is 4. The smallest absolute Gasteiger partial charge is 0.257 e. The van der Waals surface area contributed by atoms with E-state index in [0.29, 0.717) is 16.9 Å². The highest BCUT2D eigenvalue weighted by Crippen LogP contribution is 2.21. The lowest BCUT2D eigenvalue weighted by molar-refractivity contribution is -0.111. The molecule has 2 amide bonds. The number of hydrogen-bond acceptors (Lipinski definition) is 3. The summed E-state index contributed by atoms with van der Waals surface area (Å²) in [5.74, 6) is -0.612. The van der Waals surface area contributed by atoms with Crippen LogP contribution in [0.3, 0.4) is 0 Å². The number of anilines is 4. The second-order valence-electron chi connectivity index (χ2n) is 7.80. The van der Waals surface area contributed by atoms with E-state index >= 15 is 0 Å². The fraction of sp³-hybridized carbons (Fsp3) is 0.0345. The number of amides is 2. The van der Waals surface area contributed by atoms with Crippen molar-refractivity contribution in [1.82, 2.24) is 0 Å². The van der Waals surface area contributed by atoms with Gasteiger partial charge in [-0.2, -0.15) is 0 Å². The summed E-state index contributed by atoms with van der Waals surface area (Å²) in [6.07, 6.45) is 3.19. The molecule has 0 heterocycles. The molecular formula is C29H25N3O2. The van der Waals surface area contributed by atoms with Crippen LogP contribution in [0.4, 0.5) is 22.7 Å². The number of carbonyl (C=O) groups is 2. The fourth-order valence-corrected chi connectivity index (χ4v) is 3.34. The summed E-state index contributed by atoms with van der Waals surface area (Å²) in [6, 6.07) is 32.1. The largest absolute Gasteiger partial charge is 0.356 e. The highest BCUT2D eigenvalue weighted by atomic mass is 16.2. The van der Waals surface area contributed by atoms with Gasteiger partial charge in [-0.3, -0.25) is 9.59 Å². The van der Waals surface area contributed by atoms with Crippen LogP contribution in [0.25, 0.3) is 6.08 Å². The van der Waals surface area contributed by atoms with Crippen LogP contribution in [0.1, 0.15) is 21.5 Å². The summed E-state index contributed by atoms with van der Waals surface area (Å²) < 4.78 is 0. The van der Waals surface area contributed by atoms with Crippen molar-refractivity contribution < 1.29 is 9.59 Å². The minimum Gasteiger partial charge on any atom is -0.356 e. The molecule has 4 aromatic carbocycles. The van der Waals surface area contributed by atoms with Gasteiger partial charge < -0.3 is 16.0 Å². The van der Waals surface area contributed by atoms with Crippen molar-refractivity contribution in [3.8, 4) is 0 Å². The van der Waals surface area contributed by atoms with Crippen LogP contribution in [0, 0.1) is 6.92 Å². The third kappa shape index (κ3) is 6.20. The van der Waals surface area contributed by atoms with E-state index in [1.54, 1.807) is 30.3 Å². The zero-order valence-corrected chi connectivity index (χ0v) is 18.8. The van der Waals surface area contributed by atoms with Crippen LogP contribution >= 0.6 is 0 Å². The summed E-state index contributed by atoms with van der Waals surface area (Å²) >= 11 is 0. The van der Waals surface area contributed by atoms with Crippen LogP contribution < -0.4 is 16.0 Å². The number of nitrogens with one attached hydrogen (secondary N) is 3.